The minimum Gasteiger partial charge on any atom is -0.768 e. The van der Waals surface area contributed by atoms with Gasteiger partial charge >= 0.3 is 0 Å². The highest BCUT2D eigenvalue weighted by molar-refractivity contribution is 7.99. The van der Waals surface area contributed by atoms with Crippen LogP contribution in [0, 0.1) is 0 Å². The van der Waals surface area contributed by atoms with Crippen molar-refractivity contribution < 1.29 is 13.2 Å². The second-order valence-corrected chi connectivity index (χ2v) is 14.5. The van der Waals surface area contributed by atoms with Gasteiger partial charge in [-0.2, -0.15) is 0 Å². The molecule has 4 aromatic rings. The Morgan fingerprint density at radius 2 is 1.45 bits per heavy atom. The lowest BCUT2D eigenvalue weighted by atomic mass is 9.93. The van der Waals surface area contributed by atoms with E-state index in [1.54, 1.807) is 12.1 Å². The molecule has 4 aromatic carbocycles. The fraction of sp³-hybridized carbons (Fsp3) is 0.205. The van der Waals surface area contributed by atoms with Crippen molar-refractivity contribution >= 4 is 51.3 Å². The number of benzene rings is 5. The van der Waals surface area contributed by atoms with Gasteiger partial charge in [-0.15, -0.1) is 23.5 Å². The van der Waals surface area contributed by atoms with Gasteiger partial charge < -0.3 is 13.9 Å². The van der Waals surface area contributed by atoms with E-state index in [-0.39, 0.29) is 4.90 Å². The molecule has 1 unspecified atom stereocenters. The largest absolute Gasteiger partial charge is 0.768 e. The van der Waals surface area contributed by atoms with Crippen molar-refractivity contribution in [1.29, 1.82) is 0 Å². The maximum absolute atomic E-state index is 12.4. The van der Waals surface area contributed by atoms with Crippen LogP contribution in [0.1, 0.15) is 13.3 Å². The predicted octanol–water partition coefficient (Wildman–Crippen LogP) is 8.65. The molecule has 1 aliphatic carbocycles. The molecule has 0 aromatic heterocycles. The van der Waals surface area contributed by atoms with Gasteiger partial charge in [-0.3, -0.25) is 4.21 Å². The van der Waals surface area contributed by atoms with E-state index in [4.69, 9.17) is 4.42 Å². The summed E-state index contributed by atoms with van der Waals surface area (Å²) in [5.41, 5.74) is 4.23. The molecule has 47 heavy (non-hydrogen) atoms. The molecule has 2 aliphatic rings. The zero-order valence-corrected chi connectivity index (χ0v) is 29.1. The summed E-state index contributed by atoms with van der Waals surface area (Å²) in [6.07, 6.45) is 1.02. The lowest BCUT2D eigenvalue weighted by Crippen LogP contribution is -2.28. The summed E-state index contributed by atoms with van der Waals surface area (Å²) >= 11 is 1.30. The van der Waals surface area contributed by atoms with Crippen LogP contribution in [0.25, 0.3) is 33.4 Å². The zero-order valence-electron chi connectivity index (χ0n) is 26.6. The first-order valence-electron chi connectivity index (χ1n) is 15.9. The molecule has 0 fully saturated rings. The number of rotatable bonds is 13. The number of fused-ring (bicyclic) bond motifs is 2. The van der Waals surface area contributed by atoms with Crippen LogP contribution in [0.2, 0.25) is 0 Å². The highest BCUT2D eigenvalue weighted by Crippen LogP contribution is 2.42. The number of thioether (sulfide) groups is 2. The average molecular weight is 679 g/mol. The molecular weight excluding hydrogens is 641 g/mol. The molecule has 8 heteroatoms. The van der Waals surface area contributed by atoms with E-state index in [1.807, 2.05) is 47.8 Å². The third kappa shape index (κ3) is 8.01. The third-order valence-corrected chi connectivity index (χ3v) is 10.8. The van der Waals surface area contributed by atoms with Crippen molar-refractivity contribution in [2.24, 2.45) is 0 Å². The van der Waals surface area contributed by atoms with E-state index in [9.17, 15) is 8.76 Å². The van der Waals surface area contributed by atoms with E-state index in [0.717, 1.165) is 76.5 Å². The van der Waals surface area contributed by atoms with Crippen LogP contribution in [-0.2, 0) is 11.1 Å². The quantitative estimate of drug-likeness (QED) is 0.0528. The molecule has 0 amide bonds. The van der Waals surface area contributed by atoms with E-state index < -0.39 is 11.1 Å². The van der Waals surface area contributed by atoms with Crippen LogP contribution in [-0.4, -0.2) is 46.9 Å². The summed E-state index contributed by atoms with van der Waals surface area (Å²) in [5, 5.41) is 1.93. The fourth-order valence-corrected chi connectivity index (χ4v) is 8.17. The van der Waals surface area contributed by atoms with Gasteiger partial charge in [-0.05, 0) is 71.6 Å². The van der Waals surface area contributed by atoms with Crippen molar-refractivity contribution in [3.8, 4) is 22.5 Å². The Morgan fingerprint density at radius 1 is 0.766 bits per heavy atom. The van der Waals surface area contributed by atoms with Crippen LogP contribution < -0.4 is 14.8 Å². The molecule has 240 valence electrons. The van der Waals surface area contributed by atoms with E-state index in [0.29, 0.717) is 5.56 Å². The van der Waals surface area contributed by atoms with E-state index in [2.05, 4.69) is 108 Å². The minimum absolute atomic E-state index is 0.273. The summed E-state index contributed by atoms with van der Waals surface area (Å²) in [6, 6.07) is 40.7. The molecule has 6 rings (SSSR count). The number of nitrogens with zero attached hydrogens (tertiary/aromatic N) is 2. The molecule has 1 heterocycles. The first kappa shape index (κ1) is 33.1. The summed E-state index contributed by atoms with van der Waals surface area (Å²) < 4.78 is 33.7. The first-order valence-corrected chi connectivity index (χ1v) is 18.9. The summed E-state index contributed by atoms with van der Waals surface area (Å²) in [6.45, 7) is 4.88. The van der Waals surface area contributed by atoms with Gasteiger partial charge in [0.25, 0.3) is 0 Å². The molecule has 0 spiro atoms. The molecule has 0 N–H and O–H groups in total. The molecular formula is C39H38N2O3S3. The van der Waals surface area contributed by atoms with Crippen molar-refractivity contribution in [1.82, 2.24) is 4.58 Å². The van der Waals surface area contributed by atoms with Gasteiger partial charge in [0.05, 0.1) is 11.8 Å². The van der Waals surface area contributed by atoms with Crippen molar-refractivity contribution in [3.63, 3.8) is 0 Å². The Bertz CT molecular complexity index is 2010. The lowest BCUT2D eigenvalue weighted by Gasteiger charge is -2.25. The first-order chi connectivity index (χ1) is 23.0. The van der Waals surface area contributed by atoms with Crippen LogP contribution in [0.15, 0.2) is 140 Å². The van der Waals surface area contributed by atoms with Crippen LogP contribution >= 0.6 is 23.5 Å². The van der Waals surface area contributed by atoms with Crippen LogP contribution in [0.3, 0.4) is 0 Å². The Morgan fingerprint density at radius 3 is 2.15 bits per heavy atom. The topological polar surface area (TPSA) is 59.5 Å². The van der Waals surface area contributed by atoms with Crippen molar-refractivity contribution in [2.45, 2.75) is 28.0 Å². The molecule has 1 aliphatic heterocycles. The van der Waals surface area contributed by atoms with Gasteiger partial charge in [-0.1, -0.05) is 61.5 Å². The zero-order chi connectivity index (χ0) is 32.6. The SMILES string of the molecule is CCCN(CCSc1ccccc1)c1ccc2c(-c3ccccc3S(=O)[O-])c3ccc(=[N+](C)CCSc4ccccc4)cc-3oc2c1. The molecule has 0 saturated heterocycles. The monoisotopic (exact) mass is 678 g/mol. The minimum atomic E-state index is -2.39. The highest BCUT2D eigenvalue weighted by Gasteiger charge is 2.21. The Labute approximate surface area is 288 Å². The number of hydrogen-bond donors (Lipinski definition) is 0. The third-order valence-electron chi connectivity index (χ3n) is 8.14. The van der Waals surface area contributed by atoms with Crippen molar-refractivity contribution in [2.75, 3.05) is 43.1 Å². The van der Waals surface area contributed by atoms with Crippen molar-refractivity contribution in [3.05, 3.63) is 127 Å². The van der Waals surface area contributed by atoms with Gasteiger partial charge in [-0.25, -0.2) is 4.58 Å². The van der Waals surface area contributed by atoms with Crippen LogP contribution in [0.4, 0.5) is 5.69 Å². The molecule has 1 atom stereocenters. The standard InChI is InChI=1S/C39H38N2O3S3/c1-3-22-41(24-26-46-32-14-8-5-9-15-32)30-19-21-34-37(28-30)44-36-27-29(40(2)23-25-45-31-12-6-4-7-13-31)18-20-33(36)39(34)35-16-10-11-17-38(35)47(42)43/h4-21,27-28H,3,22-26H2,1-2H3. The summed E-state index contributed by atoms with van der Waals surface area (Å²) in [7, 11) is 2.10. The average Bonchev–Trinajstić information content (AvgIpc) is 3.10. The Kier molecular flexibility index (Phi) is 11.2. The lowest BCUT2D eigenvalue weighted by molar-refractivity contribution is 0.537. The summed E-state index contributed by atoms with van der Waals surface area (Å²) in [4.78, 5) is 5.20. The van der Waals surface area contributed by atoms with E-state index >= 15 is 0 Å². The van der Waals surface area contributed by atoms with Gasteiger partial charge in [0.15, 0.2) is 6.54 Å². The normalized spacial score (nSPS) is 12.7. The predicted molar refractivity (Wildman–Crippen MR) is 198 cm³/mol. The fourth-order valence-electron chi connectivity index (χ4n) is 5.79. The smallest absolute Gasteiger partial charge is 0.203 e. The summed E-state index contributed by atoms with van der Waals surface area (Å²) in [5.74, 6) is 2.63. The number of anilines is 1. The second kappa shape index (κ2) is 15.8. The molecule has 0 bridgehead atoms. The molecule has 0 saturated carbocycles. The van der Waals surface area contributed by atoms with Crippen LogP contribution in [0.5, 0.6) is 0 Å². The highest BCUT2D eigenvalue weighted by atomic mass is 32.2. The molecule has 5 nitrogen and oxygen atoms in total. The van der Waals surface area contributed by atoms with Gasteiger partial charge in [0, 0.05) is 67.9 Å². The Balaban J connectivity index is 1.41. The van der Waals surface area contributed by atoms with E-state index in [1.165, 1.54) is 9.79 Å². The van der Waals surface area contributed by atoms with Gasteiger partial charge in [0.1, 0.15) is 18.4 Å². The molecule has 0 radical (unpaired) electrons. The second-order valence-electron chi connectivity index (χ2n) is 11.3. The maximum Gasteiger partial charge on any atom is 0.203 e. The number of hydrogen-bond acceptors (Lipinski definition) is 6. The maximum atomic E-state index is 12.4. The van der Waals surface area contributed by atoms with Gasteiger partial charge in [0.2, 0.25) is 5.36 Å². The Hall–Kier alpha value is -3.82.